The van der Waals surface area contributed by atoms with Crippen molar-refractivity contribution >= 4 is 0 Å². The SMILES string of the molecule is Cc1ccc(C)c(CNCCCOc2ccccc2)c1. The third-order valence-electron chi connectivity index (χ3n) is 3.33. The molecule has 0 heterocycles. The summed E-state index contributed by atoms with van der Waals surface area (Å²) >= 11 is 0. The van der Waals surface area contributed by atoms with Gasteiger partial charge in [-0.25, -0.2) is 0 Å². The first-order chi connectivity index (χ1) is 9.75. The van der Waals surface area contributed by atoms with Crippen LogP contribution < -0.4 is 10.1 Å². The van der Waals surface area contributed by atoms with E-state index < -0.39 is 0 Å². The van der Waals surface area contributed by atoms with Gasteiger partial charge in [0.05, 0.1) is 6.61 Å². The van der Waals surface area contributed by atoms with Gasteiger partial charge >= 0.3 is 0 Å². The maximum absolute atomic E-state index is 5.66. The lowest BCUT2D eigenvalue weighted by molar-refractivity contribution is 0.308. The largest absolute Gasteiger partial charge is 0.494 e. The number of rotatable bonds is 7. The Labute approximate surface area is 121 Å². The first-order valence-corrected chi connectivity index (χ1v) is 7.20. The summed E-state index contributed by atoms with van der Waals surface area (Å²) in [7, 11) is 0. The minimum absolute atomic E-state index is 0.754. The van der Waals surface area contributed by atoms with Gasteiger partial charge < -0.3 is 10.1 Å². The number of para-hydroxylation sites is 1. The highest BCUT2D eigenvalue weighted by atomic mass is 16.5. The minimum Gasteiger partial charge on any atom is -0.494 e. The summed E-state index contributed by atoms with van der Waals surface area (Å²) in [5.74, 6) is 0.946. The second-order valence-electron chi connectivity index (χ2n) is 5.12. The van der Waals surface area contributed by atoms with E-state index in [9.17, 15) is 0 Å². The predicted octanol–water partition coefficient (Wildman–Crippen LogP) is 3.86. The van der Waals surface area contributed by atoms with Crippen molar-refractivity contribution in [3.8, 4) is 5.75 Å². The van der Waals surface area contributed by atoms with Gasteiger partial charge in [0.2, 0.25) is 0 Å². The Balaban J connectivity index is 1.63. The summed E-state index contributed by atoms with van der Waals surface area (Å²) in [4.78, 5) is 0. The number of aryl methyl sites for hydroxylation is 2. The highest BCUT2D eigenvalue weighted by molar-refractivity contribution is 5.30. The normalized spacial score (nSPS) is 10.5. The molecule has 0 saturated heterocycles. The lowest BCUT2D eigenvalue weighted by atomic mass is 10.1. The van der Waals surface area contributed by atoms with E-state index in [-0.39, 0.29) is 0 Å². The zero-order valence-corrected chi connectivity index (χ0v) is 12.4. The van der Waals surface area contributed by atoms with Crippen molar-refractivity contribution in [2.45, 2.75) is 26.8 Å². The summed E-state index contributed by atoms with van der Waals surface area (Å²) in [6.07, 6.45) is 1.01. The summed E-state index contributed by atoms with van der Waals surface area (Å²) in [5, 5.41) is 3.48. The van der Waals surface area contributed by atoms with Crippen molar-refractivity contribution in [1.29, 1.82) is 0 Å². The Hall–Kier alpha value is -1.80. The molecule has 0 spiro atoms. The Morgan fingerprint density at radius 2 is 1.80 bits per heavy atom. The zero-order chi connectivity index (χ0) is 14.2. The molecule has 2 aromatic carbocycles. The standard InChI is InChI=1S/C18H23NO/c1-15-9-10-16(2)17(13-15)14-19-11-6-12-20-18-7-4-3-5-8-18/h3-5,7-10,13,19H,6,11-12,14H2,1-2H3. The van der Waals surface area contributed by atoms with Crippen LogP contribution in [0.1, 0.15) is 23.1 Å². The van der Waals surface area contributed by atoms with Crippen LogP contribution in [0.2, 0.25) is 0 Å². The molecule has 0 aliphatic heterocycles. The van der Waals surface area contributed by atoms with Gasteiger partial charge in [-0.1, -0.05) is 42.0 Å². The summed E-state index contributed by atoms with van der Waals surface area (Å²) in [6, 6.07) is 16.6. The number of ether oxygens (including phenoxy) is 1. The fourth-order valence-electron chi connectivity index (χ4n) is 2.12. The molecule has 0 bridgehead atoms. The van der Waals surface area contributed by atoms with E-state index in [1.165, 1.54) is 16.7 Å². The molecule has 0 aliphatic rings. The molecule has 106 valence electrons. The van der Waals surface area contributed by atoms with E-state index >= 15 is 0 Å². The van der Waals surface area contributed by atoms with Gasteiger partial charge in [0.25, 0.3) is 0 Å². The molecule has 0 saturated carbocycles. The molecule has 1 N–H and O–H groups in total. The maximum atomic E-state index is 5.66. The van der Waals surface area contributed by atoms with Crippen LogP contribution in [0, 0.1) is 13.8 Å². The van der Waals surface area contributed by atoms with Crippen molar-refractivity contribution in [3.63, 3.8) is 0 Å². The molecule has 0 aromatic heterocycles. The topological polar surface area (TPSA) is 21.3 Å². The van der Waals surface area contributed by atoms with Crippen molar-refractivity contribution in [3.05, 3.63) is 65.2 Å². The fraction of sp³-hybridized carbons (Fsp3) is 0.333. The van der Waals surface area contributed by atoms with Gasteiger partial charge in [-0.15, -0.1) is 0 Å². The average Bonchev–Trinajstić information content (AvgIpc) is 2.47. The van der Waals surface area contributed by atoms with Gasteiger partial charge in [-0.05, 0) is 50.1 Å². The van der Waals surface area contributed by atoms with E-state index in [0.717, 1.165) is 31.9 Å². The van der Waals surface area contributed by atoms with Crippen LogP contribution in [0.3, 0.4) is 0 Å². The Morgan fingerprint density at radius 1 is 1.00 bits per heavy atom. The molecule has 0 amide bonds. The van der Waals surface area contributed by atoms with E-state index in [4.69, 9.17) is 4.74 Å². The number of hydrogen-bond donors (Lipinski definition) is 1. The van der Waals surface area contributed by atoms with Crippen LogP contribution >= 0.6 is 0 Å². The molecule has 2 rings (SSSR count). The van der Waals surface area contributed by atoms with E-state index in [1.807, 2.05) is 30.3 Å². The minimum atomic E-state index is 0.754. The second kappa shape index (κ2) is 7.71. The number of nitrogens with one attached hydrogen (secondary N) is 1. The molecule has 2 heteroatoms. The molecule has 0 aliphatic carbocycles. The zero-order valence-electron chi connectivity index (χ0n) is 12.4. The van der Waals surface area contributed by atoms with Crippen LogP contribution in [0.25, 0.3) is 0 Å². The molecular formula is C18H23NO. The predicted molar refractivity (Wildman–Crippen MR) is 84.2 cm³/mol. The van der Waals surface area contributed by atoms with Gasteiger partial charge in [0.1, 0.15) is 5.75 Å². The lowest BCUT2D eigenvalue weighted by Gasteiger charge is -2.09. The van der Waals surface area contributed by atoms with Gasteiger partial charge in [0, 0.05) is 6.54 Å². The molecule has 0 atom stereocenters. The highest BCUT2D eigenvalue weighted by Crippen LogP contribution is 2.10. The molecule has 2 nitrogen and oxygen atoms in total. The number of benzene rings is 2. The lowest BCUT2D eigenvalue weighted by Crippen LogP contribution is -2.17. The number of hydrogen-bond acceptors (Lipinski definition) is 2. The van der Waals surface area contributed by atoms with Crippen LogP contribution in [0.4, 0.5) is 0 Å². The summed E-state index contributed by atoms with van der Waals surface area (Å²) in [5.41, 5.74) is 4.05. The Bertz CT molecular complexity index is 522. The summed E-state index contributed by atoms with van der Waals surface area (Å²) < 4.78 is 5.66. The van der Waals surface area contributed by atoms with Crippen LogP contribution in [-0.2, 0) is 6.54 Å². The maximum Gasteiger partial charge on any atom is 0.119 e. The summed E-state index contributed by atoms with van der Waals surface area (Å²) in [6.45, 7) is 6.95. The van der Waals surface area contributed by atoms with Gasteiger partial charge in [-0.2, -0.15) is 0 Å². The van der Waals surface area contributed by atoms with Gasteiger partial charge in [0.15, 0.2) is 0 Å². The smallest absolute Gasteiger partial charge is 0.119 e. The van der Waals surface area contributed by atoms with Crippen molar-refractivity contribution < 1.29 is 4.74 Å². The molecule has 2 aromatic rings. The molecular weight excluding hydrogens is 246 g/mol. The van der Waals surface area contributed by atoms with Crippen LogP contribution in [0.5, 0.6) is 5.75 Å². The highest BCUT2D eigenvalue weighted by Gasteiger charge is 1.98. The van der Waals surface area contributed by atoms with Crippen LogP contribution in [0.15, 0.2) is 48.5 Å². The fourth-order valence-corrected chi connectivity index (χ4v) is 2.12. The van der Waals surface area contributed by atoms with E-state index in [1.54, 1.807) is 0 Å². The molecule has 0 radical (unpaired) electrons. The monoisotopic (exact) mass is 269 g/mol. The molecule has 0 fully saturated rings. The molecule has 20 heavy (non-hydrogen) atoms. The first kappa shape index (κ1) is 14.6. The third kappa shape index (κ3) is 4.71. The Kier molecular flexibility index (Phi) is 5.63. The Morgan fingerprint density at radius 3 is 2.60 bits per heavy atom. The quantitative estimate of drug-likeness (QED) is 0.771. The van der Waals surface area contributed by atoms with E-state index in [0.29, 0.717) is 0 Å². The van der Waals surface area contributed by atoms with Crippen LogP contribution in [-0.4, -0.2) is 13.2 Å². The second-order valence-corrected chi connectivity index (χ2v) is 5.12. The van der Waals surface area contributed by atoms with Crippen molar-refractivity contribution in [2.75, 3.05) is 13.2 Å². The third-order valence-corrected chi connectivity index (χ3v) is 3.33. The van der Waals surface area contributed by atoms with Gasteiger partial charge in [-0.3, -0.25) is 0 Å². The molecule has 0 unspecified atom stereocenters. The van der Waals surface area contributed by atoms with E-state index in [2.05, 4.69) is 37.4 Å². The average molecular weight is 269 g/mol. The van der Waals surface area contributed by atoms with Crippen molar-refractivity contribution in [2.24, 2.45) is 0 Å². The first-order valence-electron chi connectivity index (χ1n) is 7.20. The van der Waals surface area contributed by atoms with Crippen molar-refractivity contribution in [1.82, 2.24) is 5.32 Å².